The molecule has 5 nitrogen and oxygen atoms in total. The summed E-state index contributed by atoms with van der Waals surface area (Å²) in [5.74, 6) is -1.96. The van der Waals surface area contributed by atoms with E-state index in [1.54, 1.807) is 16.7 Å². The van der Waals surface area contributed by atoms with Crippen LogP contribution in [0.1, 0.15) is 33.3 Å². The van der Waals surface area contributed by atoms with Crippen molar-refractivity contribution in [2.45, 2.75) is 12.3 Å². The number of hydrogen-bond donors (Lipinski definition) is 2. The lowest BCUT2D eigenvalue weighted by Crippen LogP contribution is -2.25. The van der Waals surface area contributed by atoms with Gasteiger partial charge in [-0.1, -0.05) is 6.07 Å². The Kier molecular flexibility index (Phi) is 3.65. The van der Waals surface area contributed by atoms with E-state index in [-0.39, 0.29) is 29.6 Å². The van der Waals surface area contributed by atoms with Crippen molar-refractivity contribution in [3.63, 3.8) is 0 Å². The zero-order valence-electron chi connectivity index (χ0n) is 12.9. The zero-order chi connectivity index (χ0) is 17.6. The number of rotatable bonds is 3. The molecule has 3 heterocycles. The van der Waals surface area contributed by atoms with E-state index < -0.39 is 5.97 Å². The van der Waals surface area contributed by atoms with Crippen molar-refractivity contribution in [1.82, 2.24) is 4.57 Å². The molecule has 0 saturated heterocycles. The number of nitrogens with zero attached hydrogens (tertiary/aromatic N) is 1. The normalized spacial score (nSPS) is 16.4. The number of aromatic carboxylic acids is 1. The molecule has 0 bridgehead atoms. The van der Waals surface area contributed by atoms with Crippen LogP contribution in [-0.2, 0) is 4.79 Å². The fourth-order valence-electron chi connectivity index (χ4n) is 3.17. The van der Waals surface area contributed by atoms with Gasteiger partial charge in [-0.2, -0.15) is 0 Å². The van der Waals surface area contributed by atoms with Gasteiger partial charge >= 0.3 is 5.97 Å². The van der Waals surface area contributed by atoms with E-state index in [0.29, 0.717) is 17.1 Å². The Hall–Kier alpha value is -2.93. The van der Waals surface area contributed by atoms with Crippen LogP contribution < -0.4 is 5.32 Å². The molecule has 0 aliphatic carbocycles. The second kappa shape index (κ2) is 5.86. The lowest BCUT2D eigenvalue weighted by atomic mass is 9.93. The third-order valence-electron chi connectivity index (χ3n) is 4.25. The van der Waals surface area contributed by atoms with E-state index in [0.717, 1.165) is 4.88 Å². The van der Waals surface area contributed by atoms with Crippen LogP contribution in [0.4, 0.5) is 10.1 Å². The Balaban J connectivity index is 1.97. The highest BCUT2D eigenvalue weighted by atomic mass is 32.1. The number of halogens is 1. The highest BCUT2D eigenvalue weighted by Gasteiger charge is 2.34. The maximum Gasteiger partial charge on any atom is 0.339 e. The molecule has 1 amide bonds. The zero-order valence-corrected chi connectivity index (χ0v) is 13.7. The van der Waals surface area contributed by atoms with E-state index in [2.05, 4.69) is 5.32 Å². The number of carbonyl (C=O) groups excluding carboxylic acids is 1. The molecule has 1 atom stereocenters. The van der Waals surface area contributed by atoms with Gasteiger partial charge in [0.2, 0.25) is 5.91 Å². The standard InChI is InChI=1S/C18H13FN2O3S/c19-10-3-5-11(6-4-10)21-9-13(18(23)24)16-17(21)12(8-15(22)20-16)14-2-1-7-25-14/h1-7,9,12H,8H2,(H,20,22)(H,23,24)/t12-/m1/s1. The fourth-order valence-corrected chi connectivity index (χ4v) is 4.00. The smallest absolute Gasteiger partial charge is 0.339 e. The number of hydrogen-bond acceptors (Lipinski definition) is 3. The molecule has 1 aliphatic rings. The third-order valence-corrected chi connectivity index (χ3v) is 5.24. The number of thiophene rings is 1. The number of benzene rings is 1. The molecule has 0 saturated carbocycles. The van der Waals surface area contributed by atoms with Crippen LogP contribution in [0.25, 0.3) is 5.69 Å². The van der Waals surface area contributed by atoms with Crippen LogP contribution >= 0.6 is 11.3 Å². The summed E-state index contributed by atoms with van der Waals surface area (Å²) in [4.78, 5) is 24.8. The summed E-state index contributed by atoms with van der Waals surface area (Å²) < 4.78 is 15.0. The predicted molar refractivity (Wildman–Crippen MR) is 92.1 cm³/mol. The topological polar surface area (TPSA) is 71.3 Å². The number of aromatic nitrogens is 1. The number of fused-ring (bicyclic) bond motifs is 1. The number of carbonyl (C=O) groups is 2. The van der Waals surface area contributed by atoms with Crippen molar-refractivity contribution in [3.8, 4) is 5.69 Å². The van der Waals surface area contributed by atoms with Crippen molar-refractivity contribution in [2.24, 2.45) is 0 Å². The Morgan fingerprint density at radius 2 is 2.04 bits per heavy atom. The van der Waals surface area contributed by atoms with E-state index >= 15 is 0 Å². The van der Waals surface area contributed by atoms with Crippen LogP contribution in [0.15, 0.2) is 48.0 Å². The van der Waals surface area contributed by atoms with E-state index in [4.69, 9.17) is 0 Å². The van der Waals surface area contributed by atoms with Gasteiger partial charge in [-0.25, -0.2) is 9.18 Å². The lowest BCUT2D eigenvalue weighted by molar-refractivity contribution is -0.116. The van der Waals surface area contributed by atoms with Crippen LogP contribution in [-0.4, -0.2) is 21.6 Å². The summed E-state index contributed by atoms with van der Waals surface area (Å²) in [6.45, 7) is 0. The minimum Gasteiger partial charge on any atom is -0.478 e. The van der Waals surface area contributed by atoms with Crippen LogP contribution in [0.5, 0.6) is 0 Å². The average molecular weight is 356 g/mol. The van der Waals surface area contributed by atoms with E-state index in [9.17, 15) is 19.1 Å². The highest BCUT2D eigenvalue weighted by molar-refractivity contribution is 7.10. The van der Waals surface area contributed by atoms with Crippen LogP contribution in [0.3, 0.4) is 0 Å². The minimum absolute atomic E-state index is 0.0222. The average Bonchev–Trinajstić information content (AvgIpc) is 3.22. The number of carboxylic acid groups (broad SMARTS) is 1. The maximum atomic E-state index is 13.3. The first-order valence-corrected chi connectivity index (χ1v) is 8.50. The van der Waals surface area contributed by atoms with E-state index in [1.165, 1.54) is 29.7 Å². The minimum atomic E-state index is -1.12. The molecule has 7 heteroatoms. The Morgan fingerprint density at radius 3 is 2.68 bits per heavy atom. The van der Waals surface area contributed by atoms with Gasteiger partial charge in [-0.15, -0.1) is 11.3 Å². The summed E-state index contributed by atoms with van der Waals surface area (Å²) in [7, 11) is 0. The molecular weight excluding hydrogens is 343 g/mol. The van der Waals surface area contributed by atoms with Crippen LogP contribution in [0.2, 0.25) is 0 Å². The van der Waals surface area contributed by atoms with Gasteiger partial charge < -0.3 is 15.0 Å². The monoisotopic (exact) mass is 356 g/mol. The number of anilines is 1. The van der Waals surface area contributed by atoms with Crippen LogP contribution in [0, 0.1) is 5.82 Å². The summed E-state index contributed by atoms with van der Waals surface area (Å²) in [6, 6.07) is 9.65. The van der Waals surface area contributed by atoms with Gasteiger partial charge in [0.15, 0.2) is 0 Å². The molecule has 2 N–H and O–H groups in total. The second-order valence-corrected chi connectivity index (χ2v) is 6.75. The fraction of sp³-hybridized carbons (Fsp3) is 0.111. The second-order valence-electron chi connectivity index (χ2n) is 5.77. The van der Waals surface area contributed by atoms with Gasteiger partial charge in [0.05, 0.1) is 11.4 Å². The molecule has 4 rings (SSSR count). The van der Waals surface area contributed by atoms with Gasteiger partial charge in [0.25, 0.3) is 0 Å². The molecule has 0 unspecified atom stereocenters. The Labute approximate surface area is 146 Å². The van der Waals surface area contributed by atoms with Gasteiger partial charge in [-0.3, -0.25) is 4.79 Å². The molecule has 1 aromatic carbocycles. The summed E-state index contributed by atoms with van der Waals surface area (Å²) in [5.41, 5.74) is 1.68. The van der Waals surface area contributed by atoms with Gasteiger partial charge in [-0.05, 0) is 35.7 Å². The first-order chi connectivity index (χ1) is 12.0. The molecule has 25 heavy (non-hydrogen) atoms. The predicted octanol–water partition coefficient (Wildman–Crippen LogP) is 3.85. The quantitative estimate of drug-likeness (QED) is 0.749. The van der Waals surface area contributed by atoms with Gasteiger partial charge in [0.1, 0.15) is 11.4 Å². The largest absolute Gasteiger partial charge is 0.478 e. The molecule has 0 spiro atoms. The van der Waals surface area contributed by atoms with Crippen molar-refractivity contribution < 1.29 is 19.1 Å². The highest BCUT2D eigenvalue weighted by Crippen LogP contribution is 2.42. The molecule has 126 valence electrons. The summed E-state index contributed by atoms with van der Waals surface area (Å²) >= 11 is 1.52. The molecule has 3 aromatic rings. The first kappa shape index (κ1) is 15.6. The van der Waals surface area contributed by atoms with Crippen molar-refractivity contribution in [2.75, 3.05) is 5.32 Å². The molecule has 2 aromatic heterocycles. The van der Waals surface area contributed by atoms with Crippen molar-refractivity contribution in [3.05, 3.63) is 69.9 Å². The van der Waals surface area contributed by atoms with Gasteiger partial charge in [0, 0.05) is 29.1 Å². The molecule has 1 aliphatic heterocycles. The van der Waals surface area contributed by atoms with Crippen molar-refractivity contribution >= 4 is 28.9 Å². The SMILES string of the molecule is O=C1C[C@H](c2cccs2)c2c(c(C(=O)O)cn2-c2ccc(F)cc2)N1. The number of nitrogens with one attached hydrogen (secondary N) is 1. The van der Waals surface area contributed by atoms with E-state index in [1.807, 2.05) is 17.5 Å². The first-order valence-electron chi connectivity index (χ1n) is 7.62. The number of carboxylic acids is 1. The lowest BCUT2D eigenvalue weighted by Gasteiger charge is -2.25. The molecular formula is C18H13FN2O3S. The third kappa shape index (κ3) is 2.62. The summed E-state index contributed by atoms with van der Waals surface area (Å²) in [5, 5.41) is 14.1. The Bertz CT molecular complexity index is 961. The molecule has 0 fully saturated rings. The molecule has 0 radical (unpaired) electrons. The maximum absolute atomic E-state index is 13.3. The number of amides is 1. The van der Waals surface area contributed by atoms with Crippen molar-refractivity contribution in [1.29, 1.82) is 0 Å². The summed E-state index contributed by atoms with van der Waals surface area (Å²) in [6.07, 6.45) is 1.71. The Morgan fingerprint density at radius 1 is 1.28 bits per heavy atom.